The topological polar surface area (TPSA) is 80.0 Å². The van der Waals surface area contributed by atoms with E-state index in [1.165, 1.54) is 6.07 Å². The molecule has 0 fully saturated rings. The standard InChI is InChI=1S/C12H12BrFN4O2/c1-6-10(7(2)20-18-6)17-12(19)15-5-8-3-4-9(14)16-11(8)13/h3-4H,5H2,1-2H3,(H2,15,17,19). The molecule has 106 valence electrons. The lowest BCUT2D eigenvalue weighted by atomic mass is 10.3. The first-order valence-electron chi connectivity index (χ1n) is 5.76. The van der Waals surface area contributed by atoms with Crippen molar-refractivity contribution >= 4 is 27.6 Å². The number of aryl methyl sites for hydroxylation is 2. The third-order valence-electron chi connectivity index (χ3n) is 2.60. The number of amides is 2. The molecule has 0 spiro atoms. The van der Waals surface area contributed by atoms with Gasteiger partial charge < -0.3 is 15.2 Å². The molecule has 2 rings (SSSR count). The Morgan fingerprint density at radius 2 is 2.20 bits per heavy atom. The van der Waals surface area contributed by atoms with Gasteiger partial charge in [0.1, 0.15) is 16.0 Å². The molecule has 2 aromatic heterocycles. The molecular weight excluding hydrogens is 331 g/mol. The first-order chi connectivity index (χ1) is 9.47. The largest absolute Gasteiger partial charge is 0.359 e. The van der Waals surface area contributed by atoms with Crippen LogP contribution >= 0.6 is 15.9 Å². The van der Waals surface area contributed by atoms with Gasteiger partial charge in [0.15, 0.2) is 5.76 Å². The van der Waals surface area contributed by atoms with E-state index in [0.29, 0.717) is 27.3 Å². The molecule has 0 bridgehead atoms. The molecule has 8 heteroatoms. The molecule has 0 aromatic carbocycles. The smallest absolute Gasteiger partial charge is 0.319 e. The van der Waals surface area contributed by atoms with E-state index in [4.69, 9.17) is 4.52 Å². The first-order valence-corrected chi connectivity index (χ1v) is 6.55. The van der Waals surface area contributed by atoms with E-state index in [1.54, 1.807) is 19.9 Å². The summed E-state index contributed by atoms with van der Waals surface area (Å²) in [6, 6.07) is 2.37. The lowest BCUT2D eigenvalue weighted by Crippen LogP contribution is -2.28. The summed E-state index contributed by atoms with van der Waals surface area (Å²) in [6.07, 6.45) is 0. The fraction of sp³-hybridized carbons (Fsp3) is 0.250. The van der Waals surface area contributed by atoms with Gasteiger partial charge in [0.05, 0.1) is 0 Å². The van der Waals surface area contributed by atoms with Gasteiger partial charge in [-0.3, -0.25) is 0 Å². The van der Waals surface area contributed by atoms with Crippen LogP contribution in [0.15, 0.2) is 21.3 Å². The van der Waals surface area contributed by atoms with E-state index in [0.717, 1.165) is 0 Å². The molecule has 0 aliphatic heterocycles. The van der Waals surface area contributed by atoms with Crippen molar-refractivity contribution in [1.82, 2.24) is 15.5 Å². The molecule has 0 aliphatic carbocycles. The number of rotatable bonds is 3. The Balaban J connectivity index is 1.96. The van der Waals surface area contributed by atoms with E-state index >= 15 is 0 Å². The zero-order valence-corrected chi connectivity index (χ0v) is 12.4. The van der Waals surface area contributed by atoms with Gasteiger partial charge in [0, 0.05) is 12.1 Å². The Hall–Kier alpha value is -1.96. The number of hydrogen-bond donors (Lipinski definition) is 2. The van der Waals surface area contributed by atoms with Gasteiger partial charge in [-0.2, -0.15) is 4.39 Å². The Kier molecular flexibility index (Phi) is 4.33. The normalized spacial score (nSPS) is 10.4. The zero-order chi connectivity index (χ0) is 14.7. The number of nitrogens with zero attached hydrogens (tertiary/aromatic N) is 2. The van der Waals surface area contributed by atoms with Crippen LogP contribution in [0.25, 0.3) is 0 Å². The molecule has 0 unspecified atom stereocenters. The molecule has 0 radical (unpaired) electrons. The molecule has 6 nitrogen and oxygen atoms in total. The molecule has 0 saturated heterocycles. The van der Waals surface area contributed by atoms with Gasteiger partial charge in [0.2, 0.25) is 5.95 Å². The predicted octanol–water partition coefficient (Wildman–Crippen LogP) is 2.91. The molecule has 2 aromatic rings. The second-order valence-corrected chi connectivity index (χ2v) is 4.84. The SMILES string of the molecule is Cc1noc(C)c1NC(=O)NCc1ccc(F)nc1Br. The van der Waals surface area contributed by atoms with Crippen molar-refractivity contribution in [2.75, 3.05) is 5.32 Å². The van der Waals surface area contributed by atoms with Crippen LogP contribution in [-0.4, -0.2) is 16.2 Å². The van der Waals surface area contributed by atoms with Gasteiger partial charge in [-0.05, 0) is 35.8 Å². The molecule has 20 heavy (non-hydrogen) atoms. The van der Waals surface area contributed by atoms with E-state index in [9.17, 15) is 9.18 Å². The molecule has 0 atom stereocenters. The van der Waals surface area contributed by atoms with Crippen molar-refractivity contribution in [2.45, 2.75) is 20.4 Å². The summed E-state index contributed by atoms with van der Waals surface area (Å²) >= 11 is 3.13. The summed E-state index contributed by atoms with van der Waals surface area (Å²) in [4.78, 5) is 15.4. The highest BCUT2D eigenvalue weighted by molar-refractivity contribution is 9.10. The minimum absolute atomic E-state index is 0.211. The molecule has 2 heterocycles. The summed E-state index contributed by atoms with van der Waals surface area (Å²) in [6.45, 7) is 3.64. The van der Waals surface area contributed by atoms with Gasteiger partial charge in [-0.15, -0.1) is 0 Å². The summed E-state index contributed by atoms with van der Waals surface area (Å²) < 4.78 is 18.1. The predicted molar refractivity (Wildman–Crippen MR) is 73.7 cm³/mol. The maximum absolute atomic E-state index is 12.8. The number of urea groups is 1. The number of carbonyl (C=O) groups excluding carboxylic acids is 1. The Morgan fingerprint density at radius 1 is 1.45 bits per heavy atom. The second kappa shape index (κ2) is 6.00. The molecule has 2 amide bonds. The van der Waals surface area contributed by atoms with Crippen LogP contribution in [0.3, 0.4) is 0 Å². The second-order valence-electron chi connectivity index (χ2n) is 4.09. The third kappa shape index (κ3) is 3.32. The first kappa shape index (κ1) is 14.4. The minimum Gasteiger partial charge on any atom is -0.359 e. The zero-order valence-electron chi connectivity index (χ0n) is 10.8. The lowest BCUT2D eigenvalue weighted by molar-refractivity contribution is 0.251. The fourth-order valence-corrected chi connectivity index (χ4v) is 2.01. The molecule has 0 aliphatic rings. The summed E-state index contributed by atoms with van der Waals surface area (Å²) in [5.41, 5.74) is 1.81. The van der Waals surface area contributed by atoms with Crippen LogP contribution in [0.5, 0.6) is 0 Å². The number of halogens is 2. The maximum atomic E-state index is 12.8. The average Bonchev–Trinajstić information content (AvgIpc) is 2.69. The maximum Gasteiger partial charge on any atom is 0.319 e. The van der Waals surface area contributed by atoms with Gasteiger partial charge in [-0.1, -0.05) is 11.2 Å². The van der Waals surface area contributed by atoms with Crippen molar-refractivity contribution in [2.24, 2.45) is 0 Å². The van der Waals surface area contributed by atoms with Crippen LogP contribution in [0.4, 0.5) is 14.9 Å². The highest BCUT2D eigenvalue weighted by Crippen LogP contribution is 2.18. The Bertz CT molecular complexity index is 625. The van der Waals surface area contributed by atoms with Gasteiger partial charge in [0.25, 0.3) is 0 Å². The van der Waals surface area contributed by atoms with Gasteiger partial charge >= 0.3 is 6.03 Å². The average molecular weight is 343 g/mol. The van der Waals surface area contributed by atoms with E-state index in [-0.39, 0.29) is 6.54 Å². The van der Waals surface area contributed by atoms with Crippen molar-refractivity contribution in [3.05, 3.63) is 39.7 Å². The number of nitrogens with one attached hydrogen (secondary N) is 2. The van der Waals surface area contributed by atoms with Crippen LogP contribution in [0.2, 0.25) is 0 Å². The number of pyridine rings is 1. The Morgan fingerprint density at radius 3 is 2.80 bits per heavy atom. The van der Waals surface area contributed by atoms with Gasteiger partial charge in [-0.25, -0.2) is 9.78 Å². The number of anilines is 1. The van der Waals surface area contributed by atoms with E-state index in [1.807, 2.05) is 0 Å². The number of aromatic nitrogens is 2. The number of carbonyl (C=O) groups is 1. The highest BCUT2D eigenvalue weighted by atomic mass is 79.9. The molecular formula is C12H12BrFN4O2. The Labute approximate surface area is 122 Å². The van der Waals surface area contributed by atoms with Crippen LogP contribution < -0.4 is 10.6 Å². The monoisotopic (exact) mass is 342 g/mol. The molecule has 0 saturated carbocycles. The van der Waals surface area contributed by atoms with E-state index < -0.39 is 12.0 Å². The van der Waals surface area contributed by atoms with Crippen LogP contribution in [0, 0.1) is 19.8 Å². The summed E-state index contributed by atoms with van der Waals surface area (Å²) in [7, 11) is 0. The summed E-state index contributed by atoms with van der Waals surface area (Å²) in [5, 5.41) is 9.02. The van der Waals surface area contributed by atoms with Crippen LogP contribution in [-0.2, 0) is 6.54 Å². The molecule has 2 N–H and O–H groups in total. The van der Waals surface area contributed by atoms with Crippen LogP contribution in [0.1, 0.15) is 17.0 Å². The fourth-order valence-electron chi connectivity index (χ4n) is 1.57. The lowest BCUT2D eigenvalue weighted by Gasteiger charge is -2.08. The highest BCUT2D eigenvalue weighted by Gasteiger charge is 2.12. The minimum atomic E-state index is -0.583. The van der Waals surface area contributed by atoms with Crippen molar-refractivity contribution in [3.8, 4) is 0 Å². The third-order valence-corrected chi connectivity index (χ3v) is 3.29. The van der Waals surface area contributed by atoms with Crippen molar-refractivity contribution < 1.29 is 13.7 Å². The van der Waals surface area contributed by atoms with E-state index in [2.05, 4.69) is 36.7 Å². The quantitative estimate of drug-likeness (QED) is 0.840. The van der Waals surface area contributed by atoms with Crippen molar-refractivity contribution in [3.63, 3.8) is 0 Å². The van der Waals surface area contributed by atoms with Crippen molar-refractivity contribution in [1.29, 1.82) is 0 Å². The summed E-state index contributed by atoms with van der Waals surface area (Å²) in [5.74, 6) is -0.0527. The number of hydrogen-bond acceptors (Lipinski definition) is 4.